The molecule has 256 valence electrons. The number of hydrogen-bond donors (Lipinski definition) is 4. The van der Waals surface area contributed by atoms with Crippen molar-refractivity contribution >= 4 is 35.1 Å². The van der Waals surface area contributed by atoms with Crippen molar-refractivity contribution in [3.05, 3.63) is 154 Å². The number of carbonyl (C=O) groups is 4. The summed E-state index contributed by atoms with van der Waals surface area (Å²) in [4.78, 5) is 53.0. The quantitative estimate of drug-likeness (QED) is 0.0865. The lowest BCUT2D eigenvalue weighted by molar-refractivity contribution is 0.0224. The topological polar surface area (TPSA) is 143 Å². The molecule has 0 radical (unpaired) electrons. The van der Waals surface area contributed by atoms with E-state index in [0.29, 0.717) is 68.4 Å². The molecule has 0 aliphatic carbocycles. The molecule has 10 nitrogen and oxygen atoms in total. The number of benzene rings is 5. The maximum atomic E-state index is 13.6. The van der Waals surface area contributed by atoms with Crippen molar-refractivity contribution < 1.29 is 33.8 Å². The van der Waals surface area contributed by atoms with Crippen LogP contribution in [0.15, 0.2) is 115 Å². The zero-order chi connectivity index (χ0) is 35.4. The van der Waals surface area contributed by atoms with Crippen molar-refractivity contribution in [2.45, 2.75) is 31.3 Å². The summed E-state index contributed by atoms with van der Waals surface area (Å²) >= 11 is 0. The molecule has 3 amide bonds. The molecule has 0 saturated heterocycles. The molecule has 5 aromatic rings. The zero-order valence-corrected chi connectivity index (χ0v) is 27.6. The van der Waals surface area contributed by atoms with Gasteiger partial charge in [-0.05, 0) is 79.6 Å². The minimum Gasteiger partial charge on any atom is -0.456 e. The Morgan fingerprint density at radius 2 is 1.16 bits per heavy atom. The predicted molar refractivity (Wildman–Crippen MR) is 191 cm³/mol. The number of aliphatic hydroxyl groups is 1. The Labute approximate surface area is 294 Å². The Morgan fingerprint density at radius 3 is 1.73 bits per heavy atom. The minimum absolute atomic E-state index is 0.147. The van der Waals surface area contributed by atoms with Crippen LogP contribution in [0, 0.1) is 0 Å². The van der Waals surface area contributed by atoms with Gasteiger partial charge in [-0.25, -0.2) is 4.79 Å². The number of carbonyl (C=O) groups excluding carboxylic acids is 4. The Hall–Kier alpha value is -6.26. The fourth-order valence-corrected chi connectivity index (χ4v) is 6.50. The molecule has 0 unspecified atom stereocenters. The number of esters is 1. The highest BCUT2D eigenvalue weighted by molar-refractivity contribution is 6.05. The first-order chi connectivity index (χ1) is 24.9. The molecule has 5 aromatic carbocycles. The normalized spacial score (nSPS) is 13.2. The van der Waals surface area contributed by atoms with Crippen LogP contribution in [0.4, 0.5) is 11.4 Å². The van der Waals surface area contributed by atoms with E-state index < -0.39 is 11.6 Å². The first-order valence-corrected chi connectivity index (χ1v) is 16.8. The molecule has 2 aliphatic rings. The molecule has 2 heterocycles. The molecular formula is C41H35N3O7. The van der Waals surface area contributed by atoms with Crippen molar-refractivity contribution in [3.63, 3.8) is 0 Å². The summed E-state index contributed by atoms with van der Waals surface area (Å²) in [5, 5.41) is 17.8. The van der Waals surface area contributed by atoms with E-state index in [1.165, 1.54) is 0 Å². The van der Waals surface area contributed by atoms with Crippen LogP contribution in [0.5, 0.6) is 11.5 Å². The van der Waals surface area contributed by atoms with Crippen molar-refractivity contribution in [3.8, 4) is 11.5 Å². The monoisotopic (exact) mass is 681 g/mol. The molecule has 10 heteroatoms. The lowest BCUT2D eigenvalue weighted by atomic mass is 9.77. The number of aliphatic hydroxyl groups excluding tert-OH is 1. The summed E-state index contributed by atoms with van der Waals surface area (Å²) in [6, 6.07) is 32.7. The molecule has 1 spiro atoms. The summed E-state index contributed by atoms with van der Waals surface area (Å²) in [6.07, 6.45) is 3.25. The van der Waals surface area contributed by atoms with Gasteiger partial charge in [0, 0.05) is 70.0 Å². The first kappa shape index (κ1) is 33.2. The van der Waals surface area contributed by atoms with Gasteiger partial charge in [-0.1, -0.05) is 49.2 Å². The maximum Gasteiger partial charge on any atom is 0.340 e. The third-order valence-electron chi connectivity index (χ3n) is 9.03. The standard InChI is InChI=1S/C41H35N3O7/c45-22-10-2-1-9-21-42-37(46)28-15-18-31-34(23-28)41(51-40(31)49)32-19-16-29(43-38(47)26-11-5-3-6-12-26)24-35(32)50-36-25-30(17-20-33(36)41)44-39(48)27-13-7-4-8-14-27/h3-8,11-20,23-25,45H,1-2,9-10,21-22H2,(H,42,46)(H,43,47)(H,44,48). The number of rotatable bonds is 11. The number of hydrogen-bond acceptors (Lipinski definition) is 7. The van der Waals surface area contributed by atoms with Crippen LogP contribution in [-0.4, -0.2) is 41.9 Å². The van der Waals surface area contributed by atoms with Crippen LogP contribution in [0.3, 0.4) is 0 Å². The van der Waals surface area contributed by atoms with Gasteiger partial charge in [-0.3, -0.25) is 14.4 Å². The molecule has 0 aromatic heterocycles. The van der Waals surface area contributed by atoms with Gasteiger partial charge in [0.05, 0.1) is 5.56 Å². The van der Waals surface area contributed by atoms with Crippen molar-refractivity contribution in [1.29, 1.82) is 0 Å². The van der Waals surface area contributed by atoms with Gasteiger partial charge in [0.1, 0.15) is 11.5 Å². The summed E-state index contributed by atoms with van der Waals surface area (Å²) < 4.78 is 12.8. The molecule has 0 fully saturated rings. The largest absolute Gasteiger partial charge is 0.456 e. The van der Waals surface area contributed by atoms with E-state index in [1.54, 1.807) is 103 Å². The number of anilines is 2. The average Bonchev–Trinajstić information content (AvgIpc) is 3.44. The number of fused-ring (bicyclic) bond motifs is 6. The summed E-state index contributed by atoms with van der Waals surface area (Å²) in [7, 11) is 0. The third kappa shape index (κ3) is 6.56. The fourth-order valence-electron chi connectivity index (χ4n) is 6.50. The second kappa shape index (κ2) is 14.3. The third-order valence-corrected chi connectivity index (χ3v) is 9.03. The van der Waals surface area contributed by atoms with Gasteiger partial charge in [-0.15, -0.1) is 0 Å². The molecule has 51 heavy (non-hydrogen) atoms. The lowest BCUT2D eigenvalue weighted by Gasteiger charge is -2.37. The highest BCUT2D eigenvalue weighted by Crippen LogP contribution is 2.57. The van der Waals surface area contributed by atoms with Crippen molar-refractivity contribution in [2.24, 2.45) is 0 Å². The summed E-state index contributed by atoms with van der Waals surface area (Å²) in [6.45, 7) is 0.616. The Kier molecular flexibility index (Phi) is 9.32. The van der Waals surface area contributed by atoms with E-state index in [1.807, 2.05) is 12.1 Å². The fraction of sp³-hybridized carbons (Fsp3) is 0.171. The van der Waals surface area contributed by atoms with Gasteiger partial charge in [0.2, 0.25) is 0 Å². The van der Waals surface area contributed by atoms with Gasteiger partial charge >= 0.3 is 5.97 Å². The predicted octanol–water partition coefficient (Wildman–Crippen LogP) is 7.04. The number of nitrogens with one attached hydrogen (secondary N) is 3. The zero-order valence-electron chi connectivity index (χ0n) is 27.6. The van der Waals surface area contributed by atoms with E-state index in [0.717, 1.165) is 25.7 Å². The molecule has 0 atom stereocenters. The molecular weight excluding hydrogens is 646 g/mol. The van der Waals surface area contributed by atoms with Gasteiger partial charge in [0.25, 0.3) is 17.7 Å². The lowest BCUT2D eigenvalue weighted by Crippen LogP contribution is -2.33. The SMILES string of the molecule is O=C(NCCCCCCO)c1ccc2c(c1)C1(OC2=O)c2ccc(NC(=O)c3ccccc3)cc2Oc2cc(NC(=O)c3ccccc3)ccc21. The van der Waals surface area contributed by atoms with E-state index in [9.17, 15) is 19.2 Å². The highest BCUT2D eigenvalue weighted by atomic mass is 16.6. The average molecular weight is 682 g/mol. The Bertz CT molecular complexity index is 2030. The van der Waals surface area contributed by atoms with Crippen LogP contribution < -0.4 is 20.7 Å². The van der Waals surface area contributed by atoms with Crippen LogP contribution in [0.25, 0.3) is 0 Å². The second-order valence-electron chi connectivity index (χ2n) is 12.4. The minimum atomic E-state index is -1.50. The van der Waals surface area contributed by atoms with Crippen molar-refractivity contribution in [1.82, 2.24) is 5.32 Å². The summed E-state index contributed by atoms with van der Waals surface area (Å²) in [5.74, 6) is -0.845. The number of amides is 3. The smallest absolute Gasteiger partial charge is 0.340 e. The van der Waals surface area contributed by atoms with Gasteiger partial charge < -0.3 is 30.5 Å². The van der Waals surface area contributed by atoms with E-state index >= 15 is 0 Å². The molecule has 2 aliphatic heterocycles. The van der Waals surface area contributed by atoms with Gasteiger partial charge in [0.15, 0.2) is 5.60 Å². The van der Waals surface area contributed by atoms with E-state index in [2.05, 4.69) is 16.0 Å². The second-order valence-corrected chi connectivity index (χ2v) is 12.4. The highest BCUT2D eigenvalue weighted by Gasteiger charge is 2.54. The van der Waals surface area contributed by atoms with Crippen LogP contribution >= 0.6 is 0 Å². The van der Waals surface area contributed by atoms with E-state index in [4.69, 9.17) is 14.6 Å². The van der Waals surface area contributed by atoms with Gasteiger partial charge in [-0.2, -0.15) is 0 Å². The van der Waals surface area contributed by atoms with Crippen LogP contribution in [0.1, 0.15) is 83.8 Å². The Balaban J connectivity index is 1.27. The number of ether oxygens (including phenoxy) is 2. The molecule has 4 N–H and O–H groups in total. The maximum absolute atomic E-state index is 13.6. The van der Waals surface area contributed by atoms with Crippen LogP contribution in [-0.2, 0) is 10.3 Å². The molecule has 7 rings (SSSR count). The van der Waals surface area contributed by atoms with Crippen LogP contribution in [0.2, 0.25) is 0 Å². The van der Waals surface area contributed by atoms with E-state index in [-0.39, 0.29) is 24.3 Å². The molecule has 0 saturated carbocycles. The summed E-state index contributed by atoms with van der Waals surface area (Å²) in [5.41, 5.74) is 2.49. The first-order valence-electron chi connectivity index (χ1n) is 16.8. The Morgan fingerprint density at radius 1 is 0.588 bits per heavy atom. The van der Waals surface area contributed by atoms with Crippen molar-refractivity contribution in [2.75, 3.05) is 23.8 Å². The molecule has 0 bridgehead atoms. The number of unbranched alkanes of at least 4 members (excludes halogenated alkanes) is 3.